The minimum Gasteiger partial charge on any atom is -0.323 e. The molecule has 1 fully saturated rings. The van der Waals surface area contributed by atoms with Crippen LogP contribution in [0.2, 0.25) is 0 Å². The van der Waals surface area contributed by atoms with Crippen molar-refractivity contribution in [3.63, 3.8) is 0 Å². The van der Waals surface area contributed by atoms with Gasteiger partial charge >= 0.3 is 5.69 Å². The first-order chi connectivity index (χ1) is 9.62. The zero-order valence-electron chi connectivity index (χ0n) is 12.4. The average Bonchev–Trinajstić information content (AvgIpc) is 2.37. The van der Waals surface area contributed by atoms with E-state index in [1.165, 1.54) is 18.4 Å². The quantitative estimate of drug-likeness (QED) is 0.734. The minimum atomic E-state index is -3.92. The molecule has 1 aliphatic rings. The first kappa shape index (κ1) is 15.9. The number of rotatable bonds is 4. The maximum absolute atomic E-state index is 12.5. The molecule has 0 unspecified atom stereocenters. The number of nitrogens with zero attached hydrogens (tertiary/aromatic N) is 3. The maximum Gasteiger partial charge on any atom is 0.330 e. The van der Waals surface area contributed by atoms with E-state index in [4.69, 9.17) is 5.73 Å². The Hall–Kier alpha value is -1.45. The maximum atomic E-state index is 12.5. The van der Waals surface area contributed by atoms with Gasteiger partial charge in [0.2, 0.25) is 10.0 Å². The van der Waals surface area contributed by atoms with E-state index in [1.54, 1.807) is 0 Å². The van der Waals surface area contributed by atoms with E-state index in [2.05, 4.69) is 0 Å². The molecule has 0 atom stereocenters. The SMILES string of the molecule is CCCC1(N)CN(S(=O)(=O)c2cn(C)c(=O)n(C)c2=O)C1. The molecule has 118 valence electrons. The molecule has 1 saturated heterocycles. The predicted octanol–water partition coefficient (Wildman–Crippen LogP) is -1.41. The zero-order valence-corrected chi connectivity index (χ0v) is 13.2. The van der Waals surface area contributed by atoms with Crippen molar-refractivity contribution in [2.24, 2.45) is 19.8 Å². The molecule has 2 N–H and O–H groups in total. The standard InChI is InChI=1S/C12H20N4O4S/c1-4-5-12(13)7-16(8-12)21(19,20)9-6-14(2)11(18)15(3)10(9)17/h6H,4-5,7-8,13H2,1-3H3. The van der Waals surface area contributed by atoms with Crippen molar-refractivity contribution in [2.45, 2.75) is 30.2 Å². The lowest BCUT2D eigenvalue weighted by molar-refractivity contribution is 0.146. The Bertz CT molecular complexity index is 771. The van der Waals surface area contributed by atoms with Crippen molar-refractivity contribution in [1.29, 1.82) is 0 Å². The van der Waals surface area contributed by atoms with Crippen LogP contribution in [0.1, 0.15) is 19.8 Å². The minimum absolute atomic E-state index is 0.190. The summed E-state index contributed by atoms with van der Waals surface area (Å²) in [6.45, 7) is 2.36. The lowest BCUT2D eigenvalue weighted by atomic mass is 9.89. The highest BCUT2D eigenvalue weighted by Gasteiger charge is 2.46. The molecule has 2 heterocycles. The van der Waals surface area contributed by atoms with E-state index in [0.717, 1.165) is 28.2 Å². The lowest BCUT2D eigenvalue weighted by Crippen LogP contribution is -2.68. The molecule has 0 radical (unpaired) electrons. The van der Waals surface area contributed by atoms with E-state index in [0.29, 0.717) is 0 Å². The molecule has 1 aromatic rings. The summed E-state index contributed by atoms with van der Waals surface area (Å²) < 4.78 is 28.0. The second-order valence-electron chi connectivity index (χ2n) is 5.64. The smallest absolute Gasteiger partial charge is 0.323 e. The summed E-state index contributed by atoms with van der Waals surface area (Å²) in [6, 6.07) is 0. The van der Waals surface area contributed by atoms with E-state index in [9.17, 15) is 18.0 Å². The van der Waals surface area contributed by atoms with Crippen molar-refractivity contribution in [1.82, 2.24) is 13.4 Å². The number of aryl methyl sites for hydroxylation is 1. The first-order valence-electron chi connectivity index (χ1n) is 6.68. The van der Waals surface area contributed by atoms with Crippen LogP contribution in [0, 0.1) is 0 Å². The molecule has 0 spiro atoms. The van der Waals surface area contributed by atoms with Gasteiger partial charge in [-0.05, 0) is 6.42 Å². The van der Waals surface area contributed by atoms with Gasteiger partial charge < -0.3 is 10.3 Å². The van der Waals surface area contributed by atoms with Crippen LogP contribution < -0.4 is 17.0 Å². The molecule has 1 aromatic heterocycles. The van der Waals surface area contributed by atoms with Gasteiger partial charge in [-0.3, -0.25) is 9.36 Å². The highest BCUT2D eigenvalue weighted by molar-refractivity contribution is 7.89. The number of sulfonamides is 1. The van der Waals surface area contributed by atoms with Crippen molar-refractivity contribution >= 4 is 10.0 Å². The van der Waals surface area contributed by atoms with Gasteiger partial charge in [0, 0.05) is 38.9 Å². The Morgan fingerprint density at radius 2 is 1.86 bits per heavy atom. The predicted molar refractivity (Wildman–Crippen MR) is 77.5 cm³/mol. The van der Waals surface area contributed by atoms with E-state index in [1.807, 2.05) is 6.92 Å². The summed E-state index contributed by atoms with van der Waals surface area (Å²) in [4.78, 5) is 23.2. The largest absolute Gasteiger partial charge is 0.330 e. The fraction of sp³-hybridized carbons (Fsp3) is 0.667. The third kappa shape index (κ3) is 2.56. The highest BCUT2D eigenvalue weighted by Crippen LogP contribution is 2.28. The Morgan fingerprint density at radius 1 is 1.29 bits per heavy atom. The topological polar surface area (TPSA) is 107 Å². The van der Waals surface area contributed by atoms with Gasteiger partial charge in [-0.2, -0.15) is 4.31 Å². The van der Waals surface area contributed by atoms with E-state index >= 15 is 0 Å². The van der Waals surface area contributed by atoms with Gasteiger partial charge in [-0.1, -0.05) is 13.3 Å². The summed E-state index contributed by atoms with van der Waals surface area (Å²) in [7, 11) is -1.27. The van der Waals surface area contributed by atoms with Crippen LogP contribution in [0.25, 0.3) is 0 Å². The van der Waals surface area contributed by atoms with E-state index in [-0.39, 0.29) is 13.1 Å². The summed E-state index contributed by atoms with van der Waals surface area (Å²) in [6.07, 6.45) is 2.66. The molecule has 21 heavy (non-hydrogen) atoms. The Morgan fingerprint density at radius 3 is 2.38 bits per heavy atom. The van der Waals surface area contributed by atoms with Crippen molar-refractivity contribution in [2.75, 3.05) is 13.1 Å². The van der Waals surface area contributed by atoms with E-state index < -0.39 is 31.7 Å². The van der Waals surface area contributed by atoms with Crippen LogP contribution in [-0.2, 0) is 24.1 Å². The number of hydrogen-bond acceptors (Lipinski definition) is 5. The van der Waals surface area contributed by atoms with Gasteiger partial charge in [-0.25, -0.2) is 13.2 Å². The fourth-order valence-corrected chi connectivity index (χ4v) is 4.35. The van der Waals surface area contributed by atoms with Crippen LogP contribution in [0.5, 0.6) is 0 Å². The van der Waals surface area contributed by atoms with Crippen molar-refractivity contribution in [3.8, 4) is 0 Å². The van der Waals surface area contributed by atoms with Gasteiger partial charge in [0.15, 0.2) is 4.90 Å². The molecular formula is C12H20N4O4S. The summed E-state index contributed by atoms with van der Waals surface area (Å²) >= 11 is 0. The van der Waals surface area contributed by atoms with Crippen molar-refractivity contribution in [3.05, 3.63) is 27.0 Å². The van der Waals surface area contributed by atoms with Gasteiger partial charge in [0.1, 0.15) is 0 Å². The molecule has 0 aliphatic carbocycles. The second kappa shape index (κ2) is 5.08. The van der Waals surface area contributed by atoms with Gasteiger partial charge in [-0.15, -0.1) is 0 Å². The summed E-state index contributed by atoms with van der Waals surface area (Å²) in [5.74, 6) is 0. The Kier molecular flexibility index (Phi) is 3.85. The third-order valence-electron chi connectivity index (χ3n) is 3.76. The van der Waals surface area contributed by atoms with Gasteiger partial charge in [0.25, 0.3) is 5.56 Å². The molecule has 9 heteroatoms. The first-order valence-corrected chi connectivity index (χ1v) is 8.12. The molecule has 0 aromatic carbocycles. The molecule has 0 bridgehead atoms. The molecular weight excluding hydrogens is 296 g/mol. The van der Waals surface area contributed by atoms with Crippen LogP contribution in [0.4, 0.5) is 0 Å². The van der Waals surface area contributed by atoms with Crippen LogP contribution >= 0.6 is 0 Å². The zero-order chi connectivity index (χ0) is 16.0. The van der Waals surface area contributed by atoms with Crippen LogP contribution in [0.3, 0.4) is 0 Å². The summed E-state index contributed by atoms with van der Waals surface area (Å²) in [5, 5.41) is 0. The van der Waals surface area contributed by atoms with Crippen LogP contribution in [-0.4, -0.2) is 40.5 Å². The normalized spacial score (nSPS) is 18.5. The van der Waals surface area contributed by atoms with Crippen molar-refractivity contribution < 1.29 is 8.42 Å². The van der Waals surface area contributed by atoms with Gasteiger partial charge in [0.05, 0.1) is 0 Å². The number of nitrogens with two attached hydrogens (primary N) is 1. The average molecular weight is 316 g/mol. The fourth-order valence-electron chi connectivity index (χ4n) is 2.57. The monoisotopic (exact) mass is 316 g/mol. The Labute approximate surface area is 122 Å². The molecule has 1 aliphatic heterocycles. The lowest BCUT2D eigenvalue weighted by Gasteiger charge is -2.46. The highest BCUT2D eigenvalue weighted by atomic mass is 32.2. The molecule has 8 nitrogen and oxygen atoms in total. The third-order valence-corrected chi connectivity index (χ3v) is 5.54. The molecule has 0 saturated carbocycles. The number of aromatic nitrogens is 2. The second-order valence-corrected chi connectivity index (χ2v) is 7.54. The number of hydrogen-bond donors (Lipinski definition) is 1. The summed E-state index contributed by atoms with van der Waals surface area (Å²) in [5.41, 5.74) is 4.15. The molecule has 2 rings (SSSR count). The molecule has 0 amide bonds. The Balaban J connectivity index is 2.40. The van der Waals surface area contributed by atoms with Crippen LogP contribution in [0.15, 0.2) is 20.7 Å².